The number of amides is 1. The second-order valence-electron chi connectivity index (χ2n) is 8.89. The number of rotatable bonds is 5. The molecule has 0 unspecified atom stereocenters. The van der Waals surface area contributed by atoms with Crippen molar-refractivity contribution < 1.29 is 33.1 Å². The predicted octanol–water partition coefficient (Wildman–Crippen LogP) is 1.96. The summed E-state index contributed by atoms with van der Waals surface area (Å²) in [7, 11) is 0. The van der Waals surface area contributed by atoms with Gasteiger partial charge in [0, 0.05) is 12.5 Å². The molecule has 2 aromatic carbocycles. The average molecular weight is 401 g/mol. The van der Waals surface area contributed by atoms with E-state index >= 15 is 0 Å². The zero-order chi connectivity index (χ0) is 21.2. The van der Waals surface area contributed by atoms with Crippen LogP contribution in [0.1, 0.15) is 54.7 Å². The maximum Gasteiger partial charge on any atom is 1.00 e. The number of hydrogen-bond donors (Lipinski definition) is 0. The van der Waals surface area contributed by atoms with E-state index in [1.165, 1.54) is 0 Å². The minimum Gasteiger partial charge on any atom is -0.350 e. The molecule has 1 amide bonds. The van der Waals surface area contributed by atoms with Crippen LogP contribution in [0.2, 0.25) is 0 Å². The number of aryl methyl sites for hydroxylation is 1. The van der Waals surface area contributed by atoms with Crippen molar-refractivity contribution in [2.75, 3.05) is 19.8 Å². The Kier molecular flexibility index (Phi) is 7.88. The standard InChI is InChI=1S/C25H32NO3.Li/c1-18-12-13-19(2)22(14-18)23(27)26(15-20-16-28-25(5,6)29-17-20)24(3,4)21-10-8-7-9-11-21;/h7-14,20H,2,15-17H2,1,3-6H3;/q-1;+1. The van der Waals surface area contributed by atoms with Gasteiger partial charge in [-0.1, -0.05) is 41.5 Å². The van der Waals surface area contributed by atoms with Gasteiger partial charge in [-0.2, -0.15) is 18.6 Å². The number of benzene rings is 2. The average Bonchev–Trinajstić information content (AvgIpc) is 2.69. The van der Waals surface area contributed by atoms with Crippen LogP contribution in [0.5, 0.6) is 0 Å². The van der Waals surface area contributed by atoms with Gasteiger partial charge in [-0.15, -0.1) is 12.1 Å². The molecule has 0 bridgehead atoms. The molecule has 0 N–H and O–H groups in total. The SMILES string of the molecule is [CH2-]c1ccc(C)cc1C(=O)N(CC1COC(C)(C)OC1)C(C)(C)c1ccccc1.[Li+]. The Balaban J connectivity index is 0.00000320. The van der Waals surface area contributed by atoms with E-state index in [0.29, 0.717) is 25.3 Å². The van der Waals surface area contributed by atoms with Gasteiger partial charge in [-0.25, -0.2) is 0 Å². The summed E-state index contributed by atoms with van der Waals surface area (Å²) in [6.07, 6.45) is 0. The molecule has 4 nitrogen and oxygen atoms in total. The number of carbonyl (C=O) groups is 1. The molecule has 2 aromatic rings. The quantitative estimate of drug-likeness (QED) is 0.568. The van der Waals surface area contributed by atoms with Gasteiger partial charge in [0.2, 0.25) is 0 Å². The second-order valence-corrected chi connectivity index (χ2v) is 8.89. The maximum absolute atomic E-state index is 13.7. The van der Waals surface area contributed by atoms with Gasteiger partial charge in [0.1, 0.15) is 0 Å². The first kappa shape index (κ1) is 24.6. The molecule has 156 valence electrons. The molecule has 1 heterocycles. The summed E-state index contributed by atoms with van der Waals surface area (Å²) in [5.74, 6) is -0.484. The van der Waals surface area contributed by atoms with E-state index in [4.69, 9.17) is 9.47 Å². The van der Waals surface area contributed by atoms with Crippen molar-refractivity contribution in [3.05, 3.63) is 77.7 Å². The first-order valence-electron chi connectivity index (χ1n) is 10.2. The van der Waals surface area contributed by atoms with E-state index in [1.54, 1.807) is 0 Å². The van der Waals surface area contributed by atoms with Crippen LogP contribution in [0.3, 0.4) is 0 Å². The van der Waals surface area contributed by atoms with Crippen LogP contribution in [0, 0.1) is 19.8 Å². The van der Waals surface area contributed by atoms with Crippen molar-refractivity contribution >= 4 is 5.91 Å². The summed E-state index contributed by atoms with van der Waals surface area (Å²) in [6, 6.07) is 16.0. The van der Waals surface area contributed by atoms with Crippen molar-refractivity contribution in [3.63, 3.8) is 0 Å². The fourth-order valence-electron chi connectivity index (χ4n) is 3.69. The topological polar surface area (TPSA) is 38.8 Å². The van der Waals surface area contributed by atoms with Gasteiger partial charge in [0.25, 0.3) is 0 Å². The third-order valence-electron chi connectivity index (χ3n) is 5.67. The molecule has 1 aliphatic rings. The summed E-state index contributed by atoms with van der Waals surface area (Å²) in [4.78, 5) is 15.7. The number of hydrogen-bond acceptors (Lipinski definition) is 3. The zero-order valence-corrected chi connectivity index (χ0v) is 19.2. The van der Waals surface area contributed by atoms with E-state index in [1.807, 2.05) is 62.1 Å². The Morgan fingerprint density at radius 2 is 1.73 bits per heavy atom. The van der Waals surface area contributed by atoms with Gasteiger partial charge < -0.3 is 14.4 Å². The van der Waals surface area contributed by atoms with Crippen molar-refractivity contribution in [2.45, 2.75) is 45.9 Å². The molecule has 0 atom stereocenters. The molecule has 1 fully saturated rings. The molecule has 1 aliphatic heterocycles. The van der Waals surface area contributed by atoms with E-state index in [0.717, 1.165) is 16.7 Å². The van der Waals surface area contributed by atoms with E-state index < -0.39 is 11.3 Å². The van der Waals surface area contributed by atoms with Crippen LogP contribution >= 0.6 is 0 Å². The Bertz CT molecular complexity index is 854. The largest absolute Gasteiger partial charge is 1.00 e. The smallest absolute Gasteiger partial charge is 0.350 e. The van der Waals surface area contributed by atoms with Gasteiger partial charge in [0.15, 0.2) is 11.7 Å². The van der Waals surface area contributed by atoms with Gasteiger partial charge in [-0.3, -0.25) is 4.79 Å². The molecule has 0 saturated carbocycles. The molecule has 30 heavy (non-hydrogen) atoms. The van der Waals surface area contributed by atoms with Crippen molar-refractivity contribution in [1.29, 1.82) is 0 Å². The van der Waals surface area contributed by atoms with Gasteiger partial charge in [0.05, 0.1) is 18.8 Å². The molecule has 5 heteroatoms. The summed E-state index contributed by atoms with van der Waals surface area (Å²) in [6.45, 7) is 15.8. The fourth-order valence-corrected chi connectivity index (χ4v) is 3.69. The Morgan fingerprint density at radius 3 is 2.33 bits per heavy atom. The first-order valence-corrected chi connectivity index (χ1v) is 10.2. The minimum absolute atomic E-state index is 0. The molecule has 0 aromatic heterocycles. The van der Waals surface area contributed by atoms with E-state index in [-0.39, 0.29) is 30.7 Å². The molecule has 0 spiro atoms. The molecular formula is C25H32LiNO3. The van der Waals surface area contributed by atoms with Crippen LogP contribution in [0.15, 0.2) is 48.5 Å². The summed E-state index contributed by atoms with van der Waals surface area (Å²) < 4.78 is 11.7. The minimum atomic E-state index is -0.572. The van der Waals surface area contributed by atoms with Crippen molar-refractivity contribution in [3.8, 4) is 0 Å². The maximum atomic E-state index is 13.7. The van der Waals surface area contributed by atoms with Gasteiger partial charge >= 0.3 is 18.9 Å². The zero-order valence-electron chi connectivity index (χ0n) is 19.2. The van der Waals surface area contributed by atoms with E-state index in [9.17, 15) is 4.79 Å². The van der Waals surface area contributed by atoms with Crippen LogP contribution in [-0.4, -0.2) is 36.4 Å². The fraction of sp³-hybridized carbons (Fsp3) is 0.440. The third-order valence-corrected chi connectivity index (χ3v) is 5.67. The van der Waals surface area contributed by atoms with Crippen LogP contribution in [0.25, 0.3) is 0 Å². The molecule has 0 aliphatic carbocycles. The van der Waals surface area contributed by atoms with Crippen molar-refractivity contribution in [2.24, 2.45) is 5.92 Å². The monoisotopic (exact) mass is 401 g/mol. The number of nitrogens with zero attached hydrogens (tertiary/aromatic N) is 1. The normalized spacial score (nSPS) is 16.6. The van der Waals surface area contributed by atoms with Gasteiger partial charge in [-0.05, 0) is 40.2 Å². The Labute approximate surface area is 193 Å². The summed E-state index contributed by atoms with van der Waals surface area (Å²) >= 11 is 0. The molecule has 1 saturated heterocycles. The summed E-state index contributed by atoms with van der Waals surface area (Å²) in [5.41, 5.74) is 3.02. The Morgan fingerprint density at radius 1 is 1.13 bits per heavy atom. The first-order chi connectivity index (χ1) is 13.6. The Hall–Kier alpha value is -1.70. The molecule has 0 radical (unpaired) electrons. The van der Waals surface area contributed by atoms with Crippen LogP contribution in [0.4, 0.5) is 0 Å². The third kappa shape index (κ3) is 5.50. The number of carbonyl (C=O) groups excluding carboxylic acids is 1. The van der Waals surface area contributed by atoms with Crippen LogP contribution in [-0.2, 0) is 15.0 Å². The molecule has 3 rings (SSSR count). The van der Waals surface area contributed by atoms with E-state index in [2.05, 4.69) is 32.9 Å². The summed E-state index contributed by atoms with van der Waals surface area (Å²) in [5, 5.41) is 0. The van der Waals surface area contributed by atoms with Crippen molar-refractivity contribution in [1.82, 2.24) is 4.90 Å². The predicted molar refractivity (Wildman–Crippen MR) is 116 cm³/mol. The number of ether oxygens (including phenoxy) is 2. The van der Waals surface area contributed by atoms with Crippen LogP contribution < -0.4 is 18.9 Å². The molecular weight excluding hydrogens is 369 g/mol. The second kappa shape index (κ2) is 9.62.